The van der Waals surface area contributed by atoms with Crippen LogP contribution in [0.25, 0.3) is 10.9 Å². The second-order valence-electron chi connectivity index (χ2n) is 5.10. The molecule has 23 heavy (non-hydrogen) atoms. The first-order valence-corrected chi connectivity index (χ1v) is 7.77. The van der Waals surface area contributed by atoms with Crippen molar-refractivity contribution in [2.75, 3.05) is 5.32 Å². The highest BCUT2D eigenvalue weighted by Crippen LogP contribution is 2.21. The third kappa shape index (κ3) is 3.27. The van der Waals surface area contributed by atoms with Crippen molar-refractivity contribution < 1.29 is 9.59 Å². The molecule has 2 aromatic carbocycles. The fourth-order valence-electron chi connectivity index (χ4n) is 2.46. The van der Waals surface area contributed by atoms with Crippen LogP contribution in [-0.2, 0) is 11.3 Å². The molecule has 0 atom stereocenters. The van der Waals surface area contributed by atoms with E-state index in [9.17, 15) is 9.59 Å². The maximum absolute atomic E-state index is 12.3. The minimum Gasteiger partial charge on any atom is -0.366 e. The van der Waals surface area contributed by atoms with Crippen LogP contribution in [0.3, 0.4) is 0 Å². The number of amides is 2. The second-order valence-corrected chi connectivity index (χ2v) is 6.02. The molecule has 0 spiro atoms. The first-order chi connectivity index (χ1) is 11.0. The van der Waals surface area contributed by atoms with Gasteiger partial charge in [0.15, 0.2) is 0 Å². The standard InChI is InChI=1S/C17H14BrN3O2/c18-12-5-6-15-11(9-12)7-8-21(15)10-16(22)20-14-4-2-1-3-13(14)17(19)23/h1-9H,10H2,(H2,19,23)(H,20,22). The number of anilines is 1. The summed E-state index contributed by atoms with van der Waals surface area (Å²) in [7, 11) is 0. The predicted molar refractivity (Wildman–Crippen MR) is 93.2 cm³/mol. The monoisotopic (exact) mass is 371 g/mol. The van der Waals surface area contributed by atoms with Crippen LogP contribution in [0.2, 0.25) is 0 Å². The van der Waals surface area contributed by atoms with E-state index in [1.165, 1.54) is 0 Å². The molecule has 3 N–H and O–H groups in total. The Morgan fingerprint density at radius 3 is 2.70 bits per heavy atom. The number of carbonyl (C=O) groups is 2. The highest BCUT2D eigenvalue weighted by molar-refractivity contribution is 9.10. The van der Waals surface area contributed by atoms with Crippen LogP contribution in [0.1, 0.15) is 10.4 Å². The second kappa shape index (κ2) is 6.26. The van der Waals surface area contributed by atoms with Gasteiger partial charge in [0.05, 0.1) is 11.3 Å². The molecule has 0 fully saturated rings. The number of hydrogen-bond donors (Lipinski definition) is 2. The van der Waals surface area contributed by atoms with Crippen molar-refractivity contribution >= 4 is 44.3 Å². The molecule has 0 saturated heterocycles. The fraction of sp³-hybridized carbons (Fsp3) is 0.0588. The Bertz CT molecular complexity index is 902. The molecule has 0 aliphatic carbocycles. The summed E-state index contributed by atoms with van der Waals surface area (Å²) in [4.78, 5) is 23.7. The molecule has 5 nitrogen and oxygen atoms in total. The Hall–Kier alpha value is -2.60. The zero-order chi connectivity index (χ0) is 16.4. The Morgan fingerprint density at radius 1 is 1.13 bits per heavy atom. The molecule has 6 heteroatoms. The van der Waals surface area contributed by atoms with E-state index < -0.39 is 5.91 Å². The molecule has 0 unspecified atom stereocenters. The number of halogens is 1. The van der Waals surface area contributed by atoms with Gasteiger partial charge in [-0.25, -0.2) is 0 Å². The number of aromatic nitrogens is 1. The molecule has 116 valence electrons. The lowest BCUT2D eigenvalue weighted by atomic mass is 10.1. The highest BCUT2D eigenvalue weighted by Gasteiger charge is 2.11. The number of benzene rings is 2. The van der Waals surface area contributed by atoms with Crippen LogP contribution in [0.5, 0.6) is 0 Å². The molecule has 3 aromatic rings. The molecule has 0 aliphatic heterocycles. The number of para-hydroxylation sites is 1. The Labute approximate surface area is 141 Å². The first kappa shape index (κ1) is 15.3. The Balaban J connectivity index is 1.81. The Morgan fingerprint density at radius 2 is 1.91 bits per heavy atom. The summed E-state index contributed by atoms with van der Waals surface area (Å²) in [5, 5.41) is 3.78. The van der Waals surface area contributed by atoms with Crippen LogP contribution < -0.4 is 11.1 Å². The number of carbonyl (C=O) groups excluding carboxylic acids is 2. The van der Waals surface area contributed by atoms with Crippen molar-refractivity contribution in [2.45, 2.75) is 6.54 Å². The van der Waals surface area contributed by atoms with Crippen molar-refractivity contribution in [2.24, 2.45) is 5.73 Å². The molecule has 1 heterocycles. The van der Waals surface area contributed by atoms with Gasteiger partial charge in [0.1, 0.15) is 6.54 Å². The van der Waals surface area contributed by atoms with Gasteiger partial charge in [0.2, 0.25) is 5.91 Å². The van der Waals surface area contributed by atoms with Crippen molar-refractivity contribution in [3.05, 3.63) is 64.8 Å². The number of nitrogens with two attached hydrogens (primary N) is 1. The number of fused-ring (bicyclic) bond motifs is 1. The third-order valence-electron chi connectivity index (χ3n) is 3.51. The maximum atomic E-state index is 12.3. The molecule has 0 aliphatic rings. The molecular weight excluding hydrogens is 358 g/mol. The van der Waals surface area contributed by atoms with Crippen LogP contribution >= 0.6 is 15.9 Å². The topological polar surface area (TPSA) is 77.1 Å². The molecule has 1 aromatic heterocycles. The van der Waals surface area contributed by atoms with E-state index in [2.05, 4.69) is 21.2 Å². The zero-order valence-corrected chi connectivity index (χ0v) is 13.7. The van der Waals surface area contributed by atoms with Gasteiger partial charge < -0.3 is 15.6 Å². The van der Waals surface area contributed by atoms with Gasteiger partial charge in [-0.15, -0.1) is 0 Å². The van der Waals surface area contributed by atoms with Crippen molar-refractivity contribution in [1.82, 2.24) is 4.57 Å². The van der Waals surface area contributed by atoms with E-state index in [1.807, 2.05) is 35.0 Å². The minimum atomic E-state index is -0.572. The Kier molecular flexibility index (Phi) is 4.16. The quantitative estimate of drug-likeness (QED) is 0.738. The fourth-order valence-corrected chi connectivity index (χ4v) is 2.84. The SMILES string of the molecule is NC(=O)c1ccccc1NC(=O)Cn1ccc2cc(Br)ccc21. The number of nitrogens with zero attached hydrogens (tertiary/aromatic N) is 1. The lowest BCUT2D eigenvalue weighted by molar-refractivity contribution is -0.116. The van der Waals surface area contributed by atoms with Crippen LogP contribution in [0.4, 0.5) is 5.69 Å². The summed E-state index contributed by atoms with van der Waals surface area (Å²) < 4.78 is 2.84. The summed E-state index contributed by atoms with van der Waals surface area (Å²) in [5.74, 6) is -0.795. The lowest BCUT2D eigenvalue weighted by Gasteiger charge is -2.10. The molecular formula is C17H14BrN3O2. The third-order valence-corrected chi connectivity index (χ3v) is 4.01. The van der Waals surface area contributed by atoms with Gasteiger partial charge in [-0.2, -0.15) is 0 Å². The van der Waals surface area contributed by atoms with Crippen LogP contribution in [0.15, 0.2) is 59.2 Å². The largest absolute Gasteiger partial charge is 0.366 e. The van der Waals surface area contributed by atoms with E-state index in [1.54, 1.807) is 24.3 Å². The van der Waals surface area contributed by atoms with Gasteiger partial charge in [0.25, 0.3) is 5.91 Å². The summed E-state index contributed by atoms with van der Waals surface area (Å²) >= 11 is 3.43. The van der Waals surface area contributed by atoms with E-state index in [4.69, 9.17) is 5.73 Å². The summed E-state index contributed by atoms with van der Waals surface area (Å²) in [5.41, 5.74) is 6.99. The van der Waals surface area contributed by atoms with E-state index >= 15 is 0 Å². The summed E-state index contributed by atoms with van der Waals surface area (Å²) in [6.07, 6.45) is 1.86. The van der Waals surface area contributed by atoms with E-state index in [0.29, 0.717) is 11.3 Å². The van der Waals surface area contributed by atoms with Gasteiger partial charge in [0, 0.05) is 21.6 Å². The number of primary amides is 1. The molecule has 0 radical (unpaired) electrons. The average Bonchev–Trinajstić information content (AvgIpc) is 2.89. The van der Waals surface area contributed by atoms with Gasteiger partial charge >= 0.3 is 0 Å². The number of nitrogens with one attached hydrogen (secondary N) is 1. The van der Waals surface area contributed by atoms with Gasteiger partial charge in [-0.3, -0.25) is 9.59 Å². The molecule has 0 bridgehead atoms. The lowest BCUT2D eigenvalue weighted by Crippen LogP contribution is -2.21. The zero-order valence-electron chi connectivity index (χ0n) is 12.1. The van der Waals surface area contributed by atoms with Crippen molar-refractivity contribution in [3.63, 3.8) is 0 Å². The van der Waals surface area contributed by atoms with E-state index in [-0.39, 0.29) is 12.5 Å². The normalized spacial score (nSPS) is 10.7. The highest BCUT2D eigenvalue weighted by atomic mass is 79.9. The smallest absolute Gasteiger partial charge is 0.250 e. The molecule has 0 saturated carbocycles. The maximum Gasteiger partial charge on any atom is 0.250 e. The van der Waals surface area contributed by atoms with Crippen molar-refractivity contribution in [1.29, 1.82) is 0 Å². The van der Waals surface area contributed by atoms with Gasteiger partial charge in [-0.05, 0) is 36.4 Å². The average molecular weight is 372 g/mol. The first-order valence-electron chi connectivity index (χ1n) is 6.97. The predicted octanol–water partition coefficient (Wildman–Crippen LogP) is 3.14. The summed E-state index contributed by atoms with van der Waals surface area (Å²) in [6.45, 7) is 0.151. The molecule has 2 amide bonds. The van der Waals surface area contributed by atoms with Crippen LogP contribution in [-0.4, -0.2) is 16.4 Å². The van der Waals surface area contributed by atoms with Crippen LogP contribution in [0, 0.1) is 0 Å². The number of rotatable bonds is 4. The van der Waals surface area contributed by atoms with Crippen molar-refractivity contribution in [3.8, 4) is 0 Å². The van der Waals surface area contributed by atoms with Gasteiger partial charge in [-0.1, -0.05) is 28.1 Å². The number of hydrogen-bond acceptors (Lipinski definition) is 2. The molecule has 3 rings (SSSR count). The van der Waals surface area contributed by atoms with E-state index in [0.717, 1.165) is 15.4 Å². The summed E-state index contributed by atoms with van der Waals surface area (Å²) in [6, 6.07) is 14.5. The minimum absolute atomic E-state index is 0.151.